The minimum Gasteiger partial charge on any atom is -0.493 e. The second-order valence-electron chi connectivity index (χ2n) is 6.14. The maximum Gasteiger partial charge on any atom is 0.254 e. The summed E-state index contributed by atoms with van der Waals surface area (Å²) in [5, 5.41) is 5.92. The van der Waals surface area contributed by atoms with Gasteiger partial charge in [0.1, 0.15) is 12.4 Å². The first-order chi connectivity index (χ1) is 13.0. The molecule has 0 unspecified atom stereocenters. The normalized spacial score (nSPS) is 10.3. The van der Waals surface area contributed by atoms with Gasteiger partial charge in [-0.15, -0.1) is 0 Å². The Balaban J connectivity index is 1.79. The fraction of sp³-hybridized carbons (Fsp3) is 0.286. The summed E-state index contributed by atoms with van der Waals surface area (Å²) in [6, 6.07) is 11.6. The van der Waals surface area contributed by atoms with Crippen LogP contribution in [0.2, 0.25) is 0 Å². The van der Waals surface area contributed by atoms with Gasteiger partial charge < -0.3 is 20.1 Å². The van der Waals surface area contributed by atoms with Crippen LogP contribution in [0.1, 0.15) is 22.8 Å². The standard InChI is InChI=1S/C21H25FN2O3/c1-15(2)14-27-20-12-16(8-9-19(20)26-3)13-23-10-11-24-21(25)17-6-4-5-7-18(17)22/h4-9,12,23H,1,10-11,13-14H2,2-3H3,(H,24,25). The number of benzene rings is 2. The zero-order chi connectivity index (χ0) is 19.6. The Kier molecular flexibility index (Phi) is 7.82. The molecule has 27 heavy (non-hydrogen) atoms. The molecule has 0 atom stereocenters. The van der Waals surface area contributed by atoms with Gasteiger partial charge >= 0.3 is 0 Å². The molecule has 0 bridgehead atoms. The quantitative estimate of drug-likeness (QED) is 0.496. The number of carbonyl (C=O) groups is 1. The summed E-state index contributed by atoms with van der Waals surface area (Å²) in [6.45, 7) is 7.69. The molecule has 0 radical (unpaired) electrons. The van der Waals surface area contributed by atoms with Crippen molar-refractivity contribution in [3.63, 3.8) is 0 Å². The average molecular weight is 372 g/mol. The third kappa shape index (κ3) is 6.42. The lowest BCUT2D eigenvalue weighted by atomic mass is 10.2. The first-order valence-corrected chi connectivity index (χ1v) is 8.68. The lowest BCUT2D eigenvalue weighted by Crippen LogP contribution is -2.32. The van der Waals surface area contributed by atoms with Gasteiger partial charge in [0.05, 0.1) is 12.7 Å². The van der Waals surface area contributed by atoms with E-state index in [9.17, 15) is 9.18 Å². The van der Waals surface area contributed by atoms with Crippen LogP contribution in [-0.2, 0) is 6.54 Å². The molecule has 0 spiro atoms. The number of methoxy groups -OCH3 is 1. The largest absolute Gasteiger partial charge is 0.493 e. The highest BCUT2D eigenvalue weighted by Crippen LogP contribution is 2.28. The molecule has 6 heteroatoms. The van der Waals surface area contributed by atoms with Crippen LogP contribution < -0.4 is 20.1 Å². The highest BCUT2D eigenvalue weighted by Gasteiger charge is 2.10. The van der Waals surface area contributed by atoms with Crippen molar-refractivity contribution < 1.29 is 18.7 Å². The Morgan fingerprint density at radius 1 is 1.15 bits per heavy atom. The van der Waals surface area contributed by atoms with Crippen LogP contribution in [0.4, 0.5) is 4.39 Å². The van der Waals surface area contributed by atoms with Crippen LogP contribution in [0.3, 0.4) is 0 Å². The number of amides is 1. The zero-order valence-electron chi connectivity index (χ0n) is 15.7. The van der Waals surface area contributed by atoms with Crippen LogP contribution in [-0.4, -0.2) is 32.7 Å². The molecule has 0 saturated heterocycles. The molecule has 1 amide bonds. The van der Waals surface area contributed by atoms with Crippen molar-refractivity contribution in [2.45, 2.75) is 13.5 Å². The summed E-state index contributed by atoms with van der Waals surface area (Å²) in [6.07, 6.45) is 0. The number of hydrogen-bond acceptors (Lipinski definition) is 4. The van der Waals surface area contributed by atoms with Crippen LogP contribution in [0.25, 0.3) is 0 Å². The van der Waals surface area contributed by atoms with Crippen LogP contribution >= 0.6 is 0 Å². The molecule has 0 fully saturated rings. The van der Waals surface area contributed by atoms with E-state index < -0.39 is 11.7 Å². The van der Waals surface area contributed by atoms with Crippen LogP contribution in [0.5, 0.6) is 11.5 Å². The van der Waals surface area contributed by atoms with Crippen LogP contribution in [0, 0.1) is 5.82 Å². The monoisotopic (exact) mass is 372 g/mol. The molecule has 0 heterocycles. The van der Waals surface area contributed by atoms with Crippen molar-refractivity contribution >= 4 is 5.91 Å². The van der Waals surface area contributed by atoms with E-state index in [0.29, 0.717) is 37.7 Å². The van der Waals surface area contributed by atoms with Gasteiger partial charge in [0, 0.05) is 19.6 Å². The number of halogens is 1. The molecule has 0 aliphatic heterocycles. The number of nitrogens with one attached hydrogen (secondary N) is 2. The van der Waals surface area contributed by atoms with Crippen molar-refractivity contribution in [1.29, 1.82) is 0 Å². The van der Waals surface area contributed by atoms with E-state index in [1.54, 1.807) is 19.2 Å². The number of ether oxygens (including phenoxy) is 2. The molecule has 2 aromatic rings. The highest BCUT2D eigenvalue weighted by atomic mass is 19.1. The van der Waals surface area contributed by atoms with E-state index in [0.717, 1.165) is 11.1 Å². The molecule has 0 aliphatic carbocycles. The second-order valence-corrected chi connectivity index (χ2v) is 6.14. The maximum atomic E-state index is 13.5. The van der Waals surface area contributed by atoms with Crippen molar-refractivity contribution in [2.75, 3.05) is 26.8 Å². The van der Waals surface area contributed by atoms with Crippen molar-refractivity contribution in [1.82, 2.24) is 10.6 Å². The summed E-state index contributed by atoms with van der Waals surface area (Å²) >= 11 is 0. The Morgan fingerprint density at radius 3 is 2.63 bits per heavy atom. The van der Waals surface area contributed by atoms with Gasteiger partial charge in [0.15, 0.2) is 11.5 Å². The Bertz CT molecular complexity index is 793. The predicted molar refractivity (Wildman–Crippen MR) is 104 cm³/mol. The fourth-order valence-electron chi connectivity index (χ4n) is 2.38. The lowest BCUT2D eigenvalue weighted by molar-refractivity contribution is 0.0950. The molecule has 5 nitrogen and oxygen atoms in total. The topological polar surface area (TPSA) is 59.6 Å². The summed E-state index contributed by atoms with van der Waals surface area (Å²) < 4.78 is 24.6. The number of hydrogen-bond donors (Lipinski definition) is 2. The molecular weight excluding hydrogens is 347 g/mol. The second kappa shape index (κ2) is 10.3. The number of rotatable bonds is 10. The molecular formula is C21H25FN2O3. The number of carbonyl (C=O) groups excluding carboxylic acids is 1. The highest BCUT2D eigenvalue weighted by molar-refractivity contribution is 5.94. The summed E-state index contributed by atoms with van der Waals surface area (Å²) in [5.74, 6) is 0.378. The minimum absolute atomic E-state index is 0.0481. The fourth-order valence-corrected chi connectivity index (χ4v) is 2.38. The molecule has 144 valence electrons. The van der Waals surface area contributed by atoms with Gasteiger partial charge in [-0.1, -0.05) is 24.8 Å². The molecule has 0 aliphatic rings. The van der Waals surface area contributed by atoms with Gasteiger partial charge in [-0.2, -0.15) is 0 Å². The summed E-state index contributed by atoms with van der Waals surface area (Å²) in [7, 11) is 1.60. The first kappa shape index (κ1) is 20.5. The SMILES string of the molecule is C=C(C)COc1cc(CNCCNC(=O)c2ccccc2F)ccc1OC. The minimum atomic E-state index is -0.525. The van der Waals surface area contributed by atoms with Crippen molar-refractivity contribution in [3.05, 3.63) is 71.6 Å². The lowest BCUT2D eigenvalue weighted by Gasteiger charge is -2.13. The van der Waals surface area contributed by atoms with E-state index in [4.69, 9.17) is 9.47 Å². The van der Waals surface area contributed by atoms with Gasteiger partial charge in [0.25, 0.3) is 5.91 Å². The van der Waals surface area contributed by atoms with Gasteiger partial charge in [-0.05, 0) is 42.3 Å². The van der Waals surface area contributed by atoms with E-state index in [1.165, 1.54) is 12.1 Å². The average Bonchev–Trinajstić information content (AvgIpc) is 2.66. The molecule has 2 aromatic carbocycles. The Labute approximate surface area is 159 Å². The third-order valence-electron chi connectivity index (χ3n) is 3.74. The molecule has 2 N–H and O–H groups in total. The van der Waals surface area contributed by atoms with Gasteiger partial charge in [-0.3, -0.25) is 4.79 Å². The van der Waals surface area contributed by atoms with E-state index in [-0.39, 0.29) is 5.56 Å². The van der Waals surface area contributed by atoms with Gasteiger partial charge in [0.2, 0.25) is 0 Å². The smallest absolute Gasteiger partial charge is 0.254 e. The van der Waals surface area contributed by atoms with E-state index in [2.05, 4.69) is 17.2 Å². The molecule has 0 aromatic heterocycles. The predicted octanol–water partition coefficient (Wildman–Crippen LogP) is 3.31. The summed E-state index contributed by atoms with van der Waals surface area (Å²) in [5.41, 5.74) is 1.99. The third-order valence-corrected chi connectivity index (χ3v) is 3.74. The zero-order valence-corrected chi connectivity index (χ0v) is 15.7. The first-order valence-electron chi connectivity index (χ1n) is 8.68. The van der Waals surface area contributed by atoms with Crippen LogP contribution in [0.15, 0.2) is 54.6 Å². The molecule has 0 saturated carbocycles. The van der Waals surface area contributed by atoms with Crippen molar-refractivity contribution in [2.24, 2.45) is 0 Å². The van der Waals surface area contributed by atoms with E-state index in [1.807, 2.05) is 25.1 Å². The Hall–Kier alpha value is -2.86. The van der Waals surface area contributed by atoms with E-state index >= 15 is 0 Å². The summed E-state index contributed by atoms with van der Waals surface area (Å²) in [4.78, 5) is 11.9. The van der Waals surface area contributed by atoms with Gasteiger partial charge in [-0.25, -0.2) is 4.39 Å². The maximum absolute atomic E-state index is 13.5. The Morgan fingerprint density at radius 2 is 1.93 bits per heavy atom. The van der Waals surface area contributed by atoms with Crippen molar-refractivity contribution in [3.8, 4) is 11.5 Å². The molecule has 2 rings (SSSR count).